The Morgan fingerprint density at radius 2 is 2.06 bits per heavy atom. The molecule has 1 aromatic carbocycles. The van der Waals surface area contributed by atoms with Crippen LogP contribution in [0.3, 0.4) is 0 Å². The summed E-state index contributed by atoms with van der Waals surface area (Å²) in [5.41, 5.74) is 3.05. The van der Waals surface area contributed by atoms with Gasteiger partial charge in [-0.05, 0) is 42.6 Å². The fourth-order valence-electron chi connectivity index (χ4n) is 3.06. The molecule has 0 atom stereocenters. The average molecular weight is 454 g/mol. The van der Waals surface area contributed by atoms with Crippen LogP contribution in [0, 0.1) is 0 Å². The first kappa shape index (κ1) is 21.0. The summed E-state index contributed by atoms with van der Waals surface area (Å²) in [6.07, 6.45) is 3.86. The Balaban J connectivity index is 1.55. The first-order valence-corrected chi connectivity index (χ1v) is 11.0. The predicted molar refractivity (Wildman–Crippen MR) is 123 cm³/mol. The Bertz CT molecular complexity index is 1160. The number of imidazole rings is 1. The van der Waals surface area contributed by atoms with Gasteiger partial charge < -0.3 is 15.0 Å². The van der Waals surface area contributed by atoms with E-state index in [4.69, 9.17) is 16.3 Å². The molecule has 3 heterocycles. The second-order valence-corrected chi connectivity index (χ2v) is 7.95. The van der Waals surface area contributed by atoms with Crippen LogP contribution >= 0.6 is 22.9 Å². The van der Waals surface area contributed by atoms with Gasteiger partial charge in [0.05, 0.1) is 17.8 Å². The summed E-state index contributed by atoms with van der Waals surface area (Å²) in [7, 11) is 0. The van der Waals surface area contributed by atoms with Gasteiger partial charge in [-0.1, -0.05) is 17.7 Å². The number of carbonyl (C=O) groups is 1. The van der Waals surface area contributed by atoms with E-state index in [9.17, 15) is 4.79 Å². The van der Waals surface area contributed by atoms with E-state index >= 15 is 0 Å². The van der Waals surface area contributed by atoms with E-state index in [0.717, 1.165) is 21.8 Å². The number of thiophene rings is 1. The molecule has 0 bridgehead atoms. The van der Waals surface area contributed by atoms with Gasteiger partial charge in [-0.25, -0.2) is 19.7 Å². The fourth-order valence-corrected chi connectivity index (χ4v) is 3.93. The molecule has 158 valence electrons. The van der Waals surface area contributed by atoms with Gasteiger partial charge in [0.25, 0.3) is 0 Å². The first-order chi connectivity index (χ1) is 15.2. The molecular formula is C22H20ClN5O2S. The molecule has 4 rings (SSSR count). The summed E-state index contributed by atoms with van der Waals surface area (Å²) in [6.45, 7) is 2.58. The lowest BCUT2D eigenvalue weighted by atomic mass is 10.2. The van der Waals surface area contributed by atoms with E-state index in [-0.39, 0.29) is 6.61 Å². The minimum Gasteiger partial charge on any atom is -0.462 e. The fraction of sp³-hybridized carbons (Fsp3) is 0.182. The van der Waals surface area contributed by atoms with Gasteiger partial charge >= 0.3 is 5.97 Å². The van der Waals surface area contributed by atoms with Gasteiger partial charge in [0.15, 0.2) is 5.82 Å². The van der Waals surface area contributed by atoms with E-state index in [1.807, 2.05) is 29.6 Å². The second kappa shape index (κ2) is 9.72. The zero-order valence-electron chi connectivity index (χ0n) is 16.8. The topological polar surface area (TPSA) is 92.8 Å². The number of ether oxygens (including phenoxy) is 1. The third-order valence-electron chi connectivity index (χ3n) is 4.53. The quantitative estimate of drug-likeness (QED) is 0.361. The van der Waals surface area contributed by atoms with Gasteiger partial charge in [0.2, 0.25) is 0 Å². The number of nitrogens with one attached hydrogen (secondary N) is 2. The van der Waals surface area contributed by atoms with Crippen LogP contribution in [0.4, 0.5) is 5.82 Å². The van der Waals surface area contributed by atoms with Gasteiger partial charge in [-0.3, -0.25) is 0 Å². The molecule has 0 saturated carbocycles. The number of benzene rings is 1. The molecule has 0 spiro atoms. The number of anilines is 1. The van der Waals surface area contributed by atoms with Crippen LogP contribution in [0.1, 0.15) is 23.0 Å². The maximum Gasteiger partial charge on any atom is 0.343 e. The largest absolute Gasteiger partial charge is 0.462 e. The molecule has 7 nitrogen and oxygen atoms in total. The molecule has 0 saturated heterocycles. The number of aromatic nitrogens is 4. The maximum absolute atomic E-state index is 12.4. The highest BCUT2D eigenvalue weighted by Gasteiger charge is 2.17. The number of carbonyl (C=O) groups excluding carboxylic acids is 1. The van der Waals surface area contributed by atoms with Crippen molar-refractivity contribution in [3.63, 3.8) is 0 Å². The molecule has 31 heavy (non-hydrogen) atoms. The summed E-state index contributed by atoms with van der Waals surface area (Å²) >= 11 is 7.62. The minimum absolute atomic E-state index is 0.273. The maximum atomic E-state index is 12.4. The van der Waals surface area contributed by atoms with Crippen molar-refractivity contribution in [2.45, 2.75) is 13.3 Å². The molecule has 0 aliphatic rings. The van der Waals surface area contributed by atoms with Gasteiger partial charge in [0.1, 0.15) is 17.1 Å². The number of H-pyrrole nitrogens is 1. The molecule has 0 amide bonds. The van der Waals surface area contributed by atoms with Crippen molar-refractivity contribution in [2.24, 2.45) is 0 Å². The van der Waals surface area contributed by atoms with Crippen LogP contribution in [0.15, 0.2) is 54.3 Å². The normalized spacial score (nSPS) is 10.8. The zero-order chi connectivity index (χ0) is 21.6. The molecule has 4 aromatic rings. The molecule has 0 radical (unpaired) electrons. The Morgan fingerprint density at radius 1 is 1.23 bits per heavy atom. The van der Waals surface area contributed by atoms with Crippen LogP contribution in [-0.4, -0.2) is 39.1 Å². The van der Waals surface area contributed by atoms with Crippen molar-refractivity contribution in [3.05, 3.63) is 70.6 Å². The van der Waals surface area contributed by atoms with Crippen LogP contribution in [0.2, 0.25) is 5.02 Å². The highest BCUT2D eigenvalue weighted by Crippen LogP contribution is 2.26. The Kier molecular flexibility index (Phi) is 6.59. The minimum atomic E-state index is -0.464. The zero-order valence-corrected chi connectivity index (χ0v) is 18.3. The summed E-state index contributed by atoms with van der Waals surface area (Å²) in [5.74, 6) is 0.456. The lowest BCUT2D eigenvalue weighted by Gasteiger charge is -2.12. The van der Waals surface area contributed by atoms with E-state index in [1.54, 1.807) is 36.7 Å². The third kappa shape index (κ3) is 4.92. The molecule has 2 N–H and O–H groups in total. The number of aromatic amines is 1. The van der Waals surface area contributed by atoms with E-state index in [1.165, 1.54) is 6.20 Å². The monoisotopic (exact) mass is 453 g/mol. The third-order valence-corrected chi connectivity index (χ3v) is 5.66. The molecule has 0 unspecified atom stereocenters. The van der Waals surface area contributed by atoms with Crippen molar-refractivity contribution in [3.8, 4) is 22.0 Å². The second-order valence-electron chi connectivity index (χ2n) is 6.57. The predicted octanol–water partition coefficient (Wildman–Crippen LogP) is 5.08. The summed E-state index contributed by atoms with van der Waals surface area (Å²) < 4.78 is 5.16. The van der Waals surface area contributed by atoms with Gasteiger partial charge in [0, 0.05) is 35.4 Å². The molecule has 0 aliphatic carbocycles. The number of hydrogen-bond acceptors (Lipinski definition) is 7. The molecular weight excluding hydrogens is 434 g/mol. The molecule has 9 heteroatoms. The van der Waals surface area contributed by atoms with Crippen molar-refractivity contribution < 1.29 is 9.53 Å². The molecule has 3 aromatic heterocycles. The number of halogens is 1. The number of hydrogen-bond donors (Lipinski definition) is 2. The Hall–Kier alpha value is -3.23. The Labute approximate surface area is 188 Å². The van der Waals surface area contributed by atoms with Crippen molar-refractivity contribution in [2.75, 3.05) is 18.5 Å². The van der Waals surface area contributed by atoms with Gasteiger partial charge in [-0.15, -0.1) is 11.3 Å². The first-order valence-electron chi connectivity index (χ1n) is 9.75. The van der Waals surface area contributed by atoms with Crippen molar-refractivity contribution in [1.82, 2.24) is 19.9 Å². The molecule has 0 aliphatic heterocycles. The van der Waals surface area contributed by atoms with E-state index < -0.39 is 5.97 Å². The van der Waals surface area contributed by atoms with E-state index in [0.29, 0.717) is 35.2 Å². The summed E-state index contributed by atoms with van der Waals surface area (Å²) in [5, 5.41) is 5.92. The van der Waals surface area contributed by atoms with Crippen LogP contribution in [0.25, 0.3) is 22.0 Å². The smallest absolute Gasteiger partial charge is 0.343 e. The highest BCUT2D eigenvalue weighted by molar-refractivity contribution is 7.13. The van der Waals surface area contributed by atoms with Crippen LogP contribution < -0.4 is 5.32 Å². The summed E-state index contributed by atoms with van der Waals surface area (Å²) in [4.78, 5) is 30.0. The lowest BCUT2D eigenvalue weighted by Crippen LogP contribution is -2.15. The summed E-state index contributed by atoms with van der Waals surface area (Å²) in [6, 6.07) is 11.3. The number of nitrogens with zero attached hydrogens (tertiary/aromatic N) is 3. The van der Waals surface area contributed by atoms with Crippen LogP contribution in [-0.2, 0) is 11.2 Å². The standard InChI is InChI=1S/C22H20ClN5O2S/c1-2-30-22(29)16-12-25-20(14-5-7-15(23)8-6-14)28-21(16)24-10-9-17-19(27-13-26-17)18-4-3-11-31-18/h3-8,11-13H,2,9-10H2,1H3,(H,26,27)(H,24,25,28). The molecule has 0 fully saturated rings. The lowest BCUT2D eigenvalue weighted by molar-refractivity contribution is 0.0526. The van der Waals surface area contributed by atoms with E-state index in [2.05, 4.69) is 25.3 Å². The number of rotatable bonds is 8. The average Bonchev–Trinajstić information content (AvgIpc) is 3.46. The van der Waals surface area contributed by atoms with Gasteiger partial charge in [-0.2, -0.15) is 0 Å². The van der Waals surface area contributed by atoms with Crippen molar-refractivity contribution in [1.29, 1.82) is 0 Å². The number of esters is 1. The SMILES string of the molecule is CCOC(=O)c1cnc(-c2ccc(Cl)cc2)nc1NCCc1[nH]cnc1-c1cccs1. The Morgan fingerprint density at radius 3 is 2.81 bits per heavy atom. The van der Waals surface area contributed by atoms with Crippen molar-refractivity contribution >= 4 is 34.7 Å². The van der Waals surface area contributed by atoms with Crippen LogP contribution in [0.5, 0.6) is 0 Å². The highest BCUT2D eigenvalue weighted by atomic mass is 35.5.